The first kappa shape index (κ1) is 17.7. The van der Waals surface area contributed by atoms with E-state index in [1.807, 2.05) is 19.1 Å². The summed E-state index contributed by atoms with van der Waals surface area (Å²) in [6.07, 6.45) is 7.46. The second-order valence-electron chi connectivity index (χ2n) is 5.66. The third-order valence-corrected chi connectivity index (χ3v) is 3.93. The van der Waals surface area contributed by atoms with E-state index in [2.05, 4.69) is 11.8 Å². The van der Waals surface area contributed by atoms with Gasteiger partial charge < -0.3 is 15.3 Å². The summed E-state index contributed by atoms with van der Waals surface area (Å²) in [4.78, 5) is 10.4. The van der Waals surface area contributed by atoms with E-state index >= 15 is 0 Å². The fourth-order valence-corrected chi connectivity index (χ4v) is 2.71. The fourth-order valence-electron chi connectivity index (χ4n) is 2.71. The molecule has 0 saturated heterocycles. The molecule has 0 aliphatic heterocycles. The smallest absolute Gasteiger partial charge is 0.304 e. The highest BCUT2D eigenvalue weighted by Gasteiger charge is 2.32. The monoisotopic (exact) mass is 294 g/mol. The highest BCUT2D eigenvalue weighted by atomic mass is 16.4. The van der Waals surface area contributed by atoms with Gasteiger partial charge in [-0.15, -0.1) is 11.8 Å². The minimum atomic E-state index is -0.837. The lowest BCUT2D eigenvalue weighted by atomic mass is 9.91. The van der Waals surface area contributed by atoms with Crippen molar-refractivity contribution in [3.05, 3.63) is 12.2 Å². The second-order valence-corrected chi connectivity index (χ2v) is 5.66. The number of aliphatic hydroxyl groups excluding tert-OH is 2. The van der Waals surface area contributed by atoms with E-state index in [0.717, 1.165) is 25.7 Å². The Balaban J connectivity index is 2.47. The number of hydrogen-bond donors (Lipinski definition) is 3. The third-order valence-electron chi connectivity index (χ3n) is 3.93. The van der Waals surface area contributed by atoms with Gasteiger partial charge in [0.1, 0.15) is 0 Å². The molecule has 0 amide bonds. The van der Waals surface area contributed by atoms with Crippen LogP contribution < -0.4 is 0 Å². The van der Waals surface area contributed by atoms with Gasteiger partial charge in [-0.05, 0) is 25.2 Å². The van der Waals surface area contributed by atoms with Crippen LogP contribution in [0.25, 0.3) is 0 Å². The van der Waals surface area contributed by atoms with Crippen molar-refractivity contribution in [1.82, 2.24) is 0 Å². The zero-order valence-electron chi connectivity index (χ0n) is 12.7. The minimum Gasteiger partial charge on any atom is -0.481 e. The molecule has 0 aromatic heterocycles. The first-order chi connectivity index (χ1) is 10.0. The maximum absolute atomic E-state index is 10.4. The Morgan fingerprint density at radius 3 is 2.81 bits per heavy atom. The Hall–Kier alpha value is -1.31. The quantitative estimate of drug-likeness (QED) is 0.497. The number of carbonyl (C=O) groups is 1. The molecule has 118 valence electrons. The molecule has 0 aromatic rings. The molecule has 1 aliphatic carbocycles. The van der Waals surface area contributed by atoms with Crippen LogP contribution in [0.4, 0.5) is 0 Å². The fraction of sp³-hybridized carbons (Fsp3) is 0.706. The highest BCUT2D eigenvalue weighted by molar-refractivity contribution is 5.66. The number of rotatable bonds is 7. The SMILES string of the molecule is CCCC(O)C=CC1CCC(O)C1CC#CCCC(=O)O. The first-order valence-electron chi connectivity index (χ1n) is 7.76. The Morgan fingerprint density at radius 2 is 2.14 bits per heavy atom. The van der Waals surface area contributed by atoms with Crippen LogP contribution in [0.2, 0.25) is 0 Å². The minimum absolute atomic E-state index is 0.0623. The molecule has 1 aliphatic rings. The topological polar surface area (TPSA) is 77.8 Å². The van der Waals surface area contributed by atoms with E-state index in [4.69, 9.17) is 5.11 Å². The molecule has 0 radical (unpaired) electrons. The van der Waals surface area contributed by atoms with Gasteiger partial charge in [-0.2, -0.15) is 0 Å². The molecule has 0 spiro atoms. The van der Waals surface area contributed by atoms with Crippen molar-refractivity contribution in [2.45, 2.75) is 64.1 Å². The molecule has 4 nitrogen and oxygen atoms in total. The van der Waals surface area contributed by atoms with E-state index in [1.165, 1.54) is 0 Å². The Labute approximate surface area is 126 Å². The molecule has 4 atom stereocenters. The van der Waals surface area contributed by atoms with Crippen LogP contribution in [0.3, 0.4) is 0 Å². The van der Waals surface area contributed by atoms with Gasteiger partial charge in [0, 0.05) is 18.8 Å². The molecule has 0 bridgehead atoms. The molecule has 4 unspecified atom stereocenters. The summed E-state index contributed by atoms with van der Waals surface area (Å²) < 4.78 is 0. The average molecular weight is 294 g/mol. The second kappa shape index (κ2) is 9.59. The summed E-state index contributed by atoms with van der Waals surface area (Å²) in [6.45, 7) is 2.03. The van der Waals surface area contributed by atoms with Crippen LogP contribution in [0.5, 0.6) is 0 Å². The summed E-state index contributed by atoms with van der Waals surface area (Å²) in [7, 11) is 0. The van der Waals surface area contributed by atoms with Crippen molar-refractivity contribution >= 4 is 5.97 Å². The van der Waals surface area contributed by atoms with Gasteiger partial charge in [0.05, 0.1) is 18.6 Å². The van der Waals surface area contributed by atoms with Crippen LogP contribution in [0.1, 0.15) is 51.9 Å². The third kappa shape index (κ3) is 6.79. The van der Waals surface area contributed by atoms with Gasteiger partial charge in [-0.3, -0.25) is 4.79 Å². The Morgan fingerprint density at radius 1 is 1.38 bits per heavy atom. The molecule has 1 fully saturated rings. The van der Waals surface area contributed by atoms with Crippen LogP contribution in [0.15, 0.2) is 12.2 Å². The van der Waals surface area contributed by atoms with Crippen molar-refractivity contribution < 1.29 is 20.1 Å². The molecular weight excluding hydrogens is 268 g/mol. The molecule has 0 heterocycles. The summed E-state index contributed by atoms with van der Waals surface area (Å²) >= 11 is 0. The normalized spacial score (nSPS) is 26.5. The summed E-state index contributed by atoms with van der Waals surface area (Å²) in [5.74, 6) is 5.34. The van der Waals surface area contributed by atoms with Crippen LogP contribution in [0, 0.1) is 23.7 Å². The predicted octanol–water partition coefficient (Wildman–Crippen LogP) is 2.35. The molecule has 21 heavy (non-hydrogen) atoms. The highest BCUT2D eigenvalue weighted by Crippen LogP contribution is 2.35. The maximum Gasteiger partial charge on any atom is 0.304 e. The summed E-state index contributed by atoms with van der Waals surface area (Å²) in [5.41, 5.74) is 0. The van der Waals surface area contributed by atoms with Crippen molar-refractivity contribution in [2.75, 3.05) is 0 Å². The largest absolute Gasteiger partial charge is 0.481 e. The van der Waals surface area contributed by atoms with Gasteiger partial charge in [0.25, 0.3) is 0 Å². The van der Waals surface area contributed by atoms with Gasteiger partial charge in [-0.1, -0.05) is 25.5 Å². The van der Waals surface area contributed by atoms with E-state index < -0.39 is 12.1 Å². The first-order valence-corrected chi connectivity index (χ1v) is 7.76. The van der Waals surface area contributed by atoms with Crippen molar-refractivity contribution in [2.24, 2.45) is 11.8 Å². The van der Waals surface area contributed by atoms with E-state index in [-0.39, 0.29) is 24.4 Å². The van der Waals surface area contributed by atoms with Crippen LogP contribution in [-0.2, 0) is 4.79 Å². The molecule has 4 heteroatoms. The standard InChI is InChI=1S/C17H26O4/c1-2-6-14(18)11-9-13-10-12-16(19)15(13)7-4-3-5-8-17(20)21/h9,11,13-16,18-19H,2,5-8,10,12H2,1H3,(H,20,21). The van der Waals surface area contributed by atoms with Crippen molar-refractivity contribution in [3.63, 3.8) is 0 Å². The van der Waals surface area contributed by atoms with Crippen molar-refractivity contribution in [3.8, 4) is 11.8 Å². The number of carboxylic acid groups (broad SMARTS) is 1. The van der Waals surface area contributed by atoms with Crippen LogP contribution >= 0.6 is 0 Å². The molecule has 0 aromatic carbocycles. The zero-order chi connectivity index (χ0) is 15.7. The lowest BCUT2D eigenvalue weighted by molar-refractivity contribution is -0.136. The van der Waals surface area contributed by atoms with Gasteiger partial charge >= 0.3 is 5.97 Å². The number of aliphatic hydroxyl groups is 2. The number of allylic oxidation sites excluding steroid dienone is 1. The van der Waals surface area contributed by atoms with Crippen molar-refractivity contribution in [1.29, 1.82) is 0 Å². The Bertz CT molecular complexity index is 405. The molecular formula is C17H26O4. The molecule has 1 saturated carbocycles. The van der Waals surface area contributed by atoms with Crippen LogP contribution in [-0.4, -0.2) is 33.5 Å². The maximum atomic E-state index is 10.4. The van der Waals surface area contributed by atoms with Gasteiger partial charge in [0.2, 0.25) is 0 Å². The Kier molecular flexibility index (Phi) is 8.11. The van der Waals surface area contributed by atoms with E-state index in [0.29, 0.717) is 12.8 Å². The van der Waals surface area contributed by atoms with E-state index in [9.17, 15) is 15.0 Å². The summed E-state index contributed by atoms with van der Waals surface area (Å²) in [5, 5.41) is 28.3. The molecule has 1 rings (SSSR count). The number of carboxylic acids is 1. The lowest BCUT2D eigenvalue weighted by Crippen LogP contribution is -2.17. The van der Waals surface area contributed by atoms with E-state index in [1.54, 1.807) is 0 Å². The zero-order valence-corrected chi connectivity index (χ0v) is 12.7. The predicted molar refractivity (Wildman–Crippen MR) is 81.5 cm³/mol. The molecule has 3 N–H and O–H groups in total. The number of hydrogen-bond acceptors (Lipinski definition) is 3. The number of aliphatic carboxylic acids is 1. The van der Waals surface area contributed by atoms with Gasteiger partial charge in [-0.25, -0.2) is 0 Å². The average Bonchev–Trinajstić information content (AvgIpc) is 2.77. The van der Waals surface area contributed by atoms with Gasteiger partial charge in [0.15, 0.2) is 0 Å². The summed E-state index contributed by atoms with van der Waals surface area (Å²) in [6, 6.07) is 0. The lowest BCUT2D eigenvalue weighted by Gasteiger charge is -2.17.